The number of hydrogen-bond acceptors (Lipinski definition) is 5. The topological polar surface area (TPSA) is 86.5 Å². The molecule has 0 amide bonds. The van der Waals surface area contributed by atoms with E-state index in [2.05, 4.69) is 0 Å². The number of rotatable bonds is 5. The van der Waals surface area contributed by atoms with E-state index in [1.807, 2.05) is 0 Å². The van der Waals surface area contributed by atoms with Gasteiger partial charge in [0.1, 0.15) is 4.90 Å². The highest BCUT2D eigenvalue weighted by Gasteiger charge is 2.27. The minimum atomic E-state index is -4.35. The van der Waals surface area contributed by atoms with E-state index in [1.165, 1.54) is 0 Å². The van der Waals surface area contributed by atoms with Gasteiger partial charge in [0.2, 0.25) is 0 Å². The molecule has 0 saturated heterocycles. The second-order valence-corrected chi connectivity index (χ2v) is 7.09. The average Bonchev–Trinajstić information content (AvgIpc) is 2.26. The van der Waals surface area contributed by atoms with E-state index in [9.17, 15) is 22.9 Å². The van der Waals surface area contributed by atoms with E-state index in [0.717, 1.165) is 19.3 Å². The Morgan fingerprint density at radius 1 is 1.45 bits per heavy atom. The predicted octanol–water partition coefficient (Wildman–Crippen LogP) is 2.84. The van der Waals surface area contributed by atoms with Crippen molar-refractivity contribution in [2.45, 2.75) is 24.2 Å². The fraction of sp³-hybridized carbons (Fsp3) is 0.455. The zero-order chi connectivity index (χ0) is 14.9. The molecule has 0 heterocycles. The van der Waals surface area contributed by atoms with Gasteiger partial charge in [-0.25, -0.2) is 12.8 Å². The second-order valence-electron chi connectivity index (χ2n) is 4.56. The zero-order valence-corrected chi connectivity index (χ0v) is 11.8. The number of nitrogens with zero attached hydrogens (tertiary/aromatic N) is 1. The molecule has 0 N–H and O–H groups in total. The van der Waals surface area contributed by atoms with Crippen molar-refractivity contribution < 1.29 is 22.5 Å². The highest BCUT2D eigenvalue weighted by Crippen LogP contribution is 2.35. The average molecular weight is 324 g/mol. The third-order valence-corrected chi connectivity index (χ3v) is 4.48. The number of non-ortho nitro benzene ring substituents is 1. The van der Waals surface area contributed by atoms with Crippen molar-refractivity contribution in [1.29, 1.82) is 0 Å². The molecule has 0 spiro atoms. The van der Waals surface area contributed by atoms with Crippen LogP contribution >= 0.6 is 10.7 Å². The fourth-order valence-electron chi connectivity index (χ4n) is 1.84. The second kappa shape index (κ2) is 5.53. The number of ether oxygens (including phenoxy) is 1. The lowest BCUT2D eigenvalue weighted by Crippen LogP contribution is -2.20. The van der Waals surface area contributed by atoms with Gasteiger partial charge in [-0.05, 0) is 18.8 Å². The van der Waals surface area contributed by atoms with Crippen LogP contribution in [0.3, 0.4) is 0 Å². The third-order valence-electron chi connectivity index (χ3n) is 3.16. The summed E-state index contributed by atoms with van der Waals surface area (Å²) in [5.41, 5.74) is -0.697. The lowest BCUT2D eigenvalue weighted by molar-refractivity contribution is -0.385. The lowest BCUT2D eigenvalue weighted by atomic mass is 9.86. The summed E-state index contributed by atoms with van der Waals surface area (Å²) in [4.78, 5) is 9.01. The monoisotopic (exact) mass is 323 g/mol. The first-order valence-corrected chi connectivity index (χ1v) is 8.15. The molecule has 1 saturated carbocycles. The summed E-state index contributed by atoms with van der Waals surface area (Å²) in [6.45, 7) is 0.161. The molecule has 0 bridgehead atoms. The Morgan fingerprint density at radius 3 is 2.55 bits per heavy atom. The minimum Gasteiger partial charge on any atom is -0.489 e. The van der Waals surface area contributed by atoms with Crippen LogP contribution in [-0.4, -0.2) is 19.9 Å². The molecule has 6 nitrogen and oxygen atoms in total. The quantitative estimate of drug-likeness (QED) is 0.472. The van der Waals surface area contributed by atoms with E-state index in [4.69, 9.17) is 15.4 Å². The molecule has 20 heavy (non-hydrogen) atoms. The summed E-state index contributed by atoms with van der Waals surface area (Å²) < 4.78 is 41.8. The van der Waals surface area contributed by atoms with Gasteiger partial charge in [0.15, 0.2) is 11.6 Å². The SMILES string of the molecule is O=[N+]([O-])c1cc(F)c(OCC2CCC2)c(S(=O)(=O)Cl)c1. The summed E-state index contributed by atoms with van der Waals surface area (Å²) in [7, 11) is 0.833. The Hall–Kier alpha value is -1.41. The zero-order valence-electron chi connectivity index (χ0n) is 10.2. The first-order valence-electron chi connectivity index (χ1n) is 5.84. The fourth-order valence-corrected chi connectivity index (χ4v) is 2.83. The lowest BCUT2D eigenvalue weighted by Gasteiger charge is -2.25. The van der Waals surface area contributed by atoms with Crippen LogP contribution in [0, 0.1) is 21.8 Å². The van der Waals surface area contributed by atoms with Gasteiger partial charge in [0, 0.05) is 16.7 Å². The highest BCUT2D eigenvalue weighted by atomic mass is 35.7. The van der Waals surface area contributed by atoms with Gasteiger partial charge in [0.05, 0.1) is 17.6 Å². The first-order chi connectivity index (χ1) is 9.29. The number of nitro benzene ring substituents is 1. The van der Waals surface area contributed by atoms with Gasteiger partial charge in [-0.15, -0.1) is 0 Å². The van der Waals surface area contributed by atoms with Crippen molar-refractivity contribution in [3.05, 3.63) is 28.1 Å². The van der Waals surface area contributed by atoms with Crippen LogP contribution in [0.15, 0.2) is 17.0 Å². The molecule has 0 aliphatic heterocycles. The van der Waals surface area contributed by atoms with Crippen LogP contribution in [0.25, 0.3) is 0 Å². The Kier molecular flexibility index (Phi) is 4.14. The standard InChI is InChI=1S/C11H11ClFNO5S/c12-20(17,18)10-5-8(14(15)16)4-9(13)11(10)19-6-7-2-1-3-7/h4-5,7H,1-3,6H2. The van der Waals surface area contributed by atoms with Crippen molar-refractivity contribution in [1.82, 2.24) is 0 Å². The molecule has 110 valence electrons. The summed E-state index contributed by atoms with van der Waals surface area (Å²) in [6, 6.07) is 1.31. The van der Waals surface area contributed by atoms with Gasteiger partial charge < -0.3 is 4.74 Å². The van der Waals surface area contributed by atoms with E-state index in [1.54, 1.807) is 0 Å². The molecule has 1 aliphatic carbocycles. The molecular weight excluding hydrogens is 313 g/mol. The van der Waals surface area contributed by atoms with Crippen LogP contribution in [0.5, 0.6) is 5.75 Å². The molecule has 1 fully saturated rings. The van der Waals surface area contributed by atoms with Crippen molar-refractivity contribution >= 4 is 25.4 Å². The maximum Gasteiger partial charge on any atom is 0.273 e. The maximum atomic E-state index is 13.8. The van der Waals surface area contributed by atoms with Gasteiger partial charge >= 0.3 is 0 Å². The van der Waals surface area contributed by atoms with Crippen LogP contribution in [0.1, 0.15) is 19.3 Å². The predicted molar refractivity (Wildman–Crippen MR) is 68.9 cm³/mol. The summed E-state index contributed by atoms with van der Waals surface area (Å²) in [6.07, 6.45) is 2.91. The molecular formula is C11H11ClFNO5S. The maximum absolute atomic E-state index is 13.8. The van der Waals surface area contributed by atoms with E-state index in [-0.39, 0.29) is 12.5 Å². The molecule has 0 unspecified atom stereocenters. The van der Waals surface area contributed by atoms with E-state index < -0.39 is 36.1 Å². The molecule has 1 aliphatic rings. The van der Waals surface area contributed by atoms with Crippen LogP contribution in [0.4, 0.5) is 10.1 Å². The van der Waals surface area contributed by atoms with Gasteiger partial charge in [-0.3, -0.25) is 10.1 Å². The largest absolute Gasteiger partial charge is 0.489 e. The minimum absolute atomic E-state index is 0.161. The molecule has 1 aromatic rings. The summed E-state index contributed by atoms with van der Waals surface area (Å²) in [5, 5.41) is 10.6. The van der Waals surface area contributed by atoms with Crippen LogP contribution in [-0.2, 0) is 9.05 Å². The Balaban J connectivity index is 2.39. The van der Waals surface area contributed by atoms with Crippen LogP contribution < -0.4 is 4.74 Å². The van der Waals surface area contributed by atoms with E-state index >= 15 is 0 Å². The Morgan fingerprint density at radius 2 is 2.10 bits per heavy atom. The first kappa shape index (κ1) is 15.0. The molecule has 1 aromatic carbocycles. The Labute approximate surface area is 119 Å². The van der Waals surface area contributed by atoms with Crippen molar-refractivity contribution in [2.75, 3.05) is 6.61 Å². The Bertz CT molecular complexity index is 644. The normalized spacial score (nSPS) is 15.7. The van der Waals surface area contributed by atoms with Gasteiger partial charge in [0.25, 0.3) is 14.7 Å². The van der Waals surface area contributed by atoms with Gasteiger partial charge in [-0.2, -0.15) is 0 Å². The van der Waals surface area contributed by atoms with Crippen LogP contribution in [0.2, 0.25) is 0 Å². The van der Waals surface area contributed by atoms with Crippen molar-refractivity contribution in [3.8, 4) is 5.75 Å². The molecule has 9 heteroatoms. The van der Waals surface area contributed by atoms with E-state index in [0.29, 0.717) is 12.1 Å². The smallest absolute Gasteiger partial charge is 0.273 e. The van der Waals surface area contributed by atoms with Crippen molar-refractivity contribution in [2.24, 2.45) is 5.92 Å². The molecule has 0 atom stereocenters. The summed E-state index contributed by atoms with van der Waals surface area (Å²) >= 11 is 0. The number of nitro groups is 1. The summed E-state index contributed by atoms with van der Waals surface area (Å²) in [5.74, 6) is -1.43. The molecule has 0 radical (unpaired) electrons. The molecule has 2 rings (SSSR count). The van der Waals surface area contributed by atoms with Gasteiger partial charge in [-0.1, -0.05) is 6.42 Å². The number of halogens is 2. The van der Waals surface area contributed by atoms with Crippen molar-refractivity contribution in [3.63, 3.8) is 0 Å². The molecule has 0 aromatic heterocycles. The number of hydrogen-bond donors (Lipinski definition) is 0. The number of benzene rings is 1. The third kappa shape index (κ3) is 3.18. The highest BCUT2D eigenvalue weighted by molar-refractivity contribution is 8.13.